The van der Waals surface area contributed by atoms with Crippen molar-refractivity contribution in [3.63, 3.8) is 0 Å². The van der Waals surface area contributed by atoms with Crippen molar-refractivity contribution >= 4 is 58.0 Å². The van der Waals surface area contributed by atoms with E-state index >= 15 is 0 Å². The van der Waals surface area contributed by atoms with Crippen molar-refractivity contribution < 1.29 is 57.7 Å². The van der Waals surface area contributed by atoms with Crippen molar-refractivity contribution in [3.05, 3.63) is 129 Å². The Bertz CT molecular complexity index is 2450. The van der Waals surface area contributed by atoms with Gasteiger partial charge in [0.2, 0.25) is 5.75 Å². The molecule has 0 saturated heterocycles. The molecule has 18 heteroatoms. The number of methoxy groups -OCH3 is 5. The van der Waals surface area contributed by atoms with Crippen molar-refractivity contribution in [2.24, 2.45) is 0 Å². The van der Waals surface area contributed by atoms with Gasteiger partial charge >= 0.3 is 11.7 Å². The number of carbonyl (C=O) groups is 5. The third-order valence-electron chi connectivity index (χ3n) is 8.47. The fraction of sp³-hybridized carbons (Fsp3) is 0.125. The molecule has 0 aliphatic heterocycles. The molecule has 0 unspecified atom stereocenters. The van der Waals surface area contributed by atoms with Gasteiger partial charge in [-0.15, -0.1) is 0 Å². The van der Waals surface area contributed by atoms with Crippen molar-refractivity contribution in [2.45, 2.75) is 0 Å². The quantitative estimate of drug-likeness (QED) is 0.0368. The minimum Gasteiger partial charge on any atom is -0.505 e. The lowest BCUT2D eigenvalue weighted by atomic mass is 10.1. The largest absolute Gasteiger partial charge is 0.505 e. The van der Waals surface area contributed by atoms with Crippen LogP contribution < -0.4 is 40.2 Å². The second-order valence-electron chi connectivity index (χ2n) is 11.8. The second kappa shape index (κ2) is 18.0. The summed E-state index contributed by atoms with van der Waals surface area (Å²) in [4.78, 5) is 76.8. The maximum absolute atomic E-state index is 13.6. The zero-order valence-corrected chi connectivity index (χ0v) is 31.5. The molecule has 4 amide bonds. The molecule has 5 aromatic carbocycles. The van der Waals surface area contributed by atoms with Gasteiger partial charge in [-0.2, -0.15) is 0 Å². The summed E-state index contributed by atoms with van der Waals surface area (Å²) in [5.74, 6) is -4.73. The molecule has 0 saturated carbocycles. The van der Waals surface area contributed by atoms with Crippen LogP contribution in [0.15, 0.2) is 91.0 Å². The number of para-hydroxylation sites is 5. The lowest BCUT2D eigenvalue weighted by Crippen LogP contribution is -2.18. The Hall–Kier alpha value is -8.15. The van der Waals surface area contributed by atoms with E-state index in [2.05, 4.69) is 21.3 Å². The summed E-state index contributed by atoms with van der Waals surface area (Å²) >= 11 is 0. The number of nitro benzene ring substituents is 1. The predicted molar refractivity (Wildman–Crippen MR) is 210 cm³/mol. The van der Waals surface area contributed by atoms with Gasteiger partial charge in [0.05, 0.1) is 85.5 Å². The fourth-order valence-electron chi connectivity index (χ4n) is 5.84. The smallest absolute Gasteiger partial charge is 0.341 e. The van der Waals surface area contributed by atoms with Gasteiger partial charge in [-0.25, -0.2) is 4.79 Å². The summed E-state index contributed by atoms with van der Waals surface area (Å²) in [5, 5.41) is 33.0. The van der Waals surface area contributed by atoms with Crippen LogP contribution in [-0.4, -0.2) is 75.2 Å². The van der Waals surface area contributed by atoms with Gasteiger partial charge in [-0.3, -0.25) is 29.3 Å². The van der Waals surface area contributed by atoms with Crippen LogP contribution in [-0.2, 0) is 4.74 Å². The number of aromatic hydroxyl groups is 1. The van der Waals surface area contributed by atoms with Gasteiger partial charge in [0.25, 0.3) is 23.6 Å². The van der Waals surface area contributed by atoms with Crippen LogP contribution in [0, 0.1) is 10.1 Å². The number of carbonyl (C=O) groups excluding carboxylic acids is 5. The number of benzene rings is 5. The van der Waals surface area contributed by atoms with Crippen molar-refractivity contribution in [1.29, 1.82) is 0 Å². The standard InChI is InChI=1S/C40H35N5O13/c1-54-32-22(12-7-18-28(32)43-39(50)24-14-10-20-30(45(52)53)35(24)57-4)37(48)41-26-16-6-11-21(31(26)46)36(47)42-27-17-8-13-23(33(27)55-2)38(49)44-29-19-9-15-25(34(29)56-3)40(51)58-5/h6-20,46H,1-5H3,(H,41,48)(H,42,47)(H,43,50)(H,44,49). The van der Waals surface area contributed by atoms with E-state index in [1.54, 1.807) is 0 Å². The number of rotatable bonds is 14. The first-order valence-corrected chi connectivity index (χ1v) is 16.9. The molecule has 298 valence electrons. The highest BCUT2D eigenvalue weighted by atomic mass is 16.6. The fourth-order valence-corrected chi connectivity index (χ4v) is 5.84. The predicted octanol–water partition coefficient (Wildman–Crippen LogP) is 6.13. The van der Waals surface area contributed by atoms with E-state index in [4.69, 9.17) is 23.7 Å². The Morgan fingerprint density at radius 1 is 0.483 bits per heavy atom. The van der Waals surface area contributed by atoms with Gasteiger partial charge in [0, 0.05) is 6.07 Å². The van der Waals surface area contributed by atoms with Gasteiger partial charge in [-0.05, 0) is 54.6 Å². The van der Waals surface area contributed by atoms with Crippen molar-refractivity contribution in [1.82, 2.24) is 0 Å². The number of ether oxygens (including phenoxy) is 5. The Kier molecular flexibility index (Phi) is 12.7. The summed E-state index contributed by atoms with van der Waals surface area (Å²) in [5.41, 5.74) is -0.786. The molecule has 58 heavy (non-hydrogen) atoms. The molecule has 0 spiro atoms. The summed E-state index contributed by atoms with van der Waals surface area (Å²) < 4.78 is 26.2. The molecule has 0 fully saturated rings. The van der Waals surface area contributed by atoms with Gasteiger partial charge in [0.1, 0.15) is 5.56 Å². The molecule has 0 radical (unpaired) electrons. The van der Waals surface area contributed by atoms with E-state index in [9.17, 15) is 39.2 Å². The molecule has 5 N–H and O–H groups in total. The van der Waals surface area contributed by atoms with Crippen LogP contribution in [0.25, 0.3) is 0 Å². The molecule has 5 rings (SSSR count). The monoisotopic (exact) mass is 793 g/mol. The number of hydrogen-bond donors (Lipinski definition) is 5. The van der Waals surface area contributed by atoms with Gasteiger partial charge in [0.15, 0.2) is 23.0 Å². The molecular weight excluding hydrogens is 758 g/mol. The van der Waals surface area contributed by atoms with Crippen LogP contribution in [0.4, 0.5) is 28.4 Å². The number of amides is 4. The molecule has 18 nitrogen and oxygen atoms in total. The number of nitrogens with zero attached hydrogens (tertiary/aromatic N) is 1. The third-order valence-corrected chi connectivity index (χ3v) is 8.47. The molecular formula is C40H35N5O13. The first kappa shape index (κ1) is 41.0. The zero-order chi connectivity index (χ0) is 42.1. The highest BCUT2D eigenvalue weighted by molar-refractivity contribution is 6.14. The van der Waals surface area contributed by atoms with Gasteiger partial charge < -0.3 is 50.1 Å². The number of hydrogen-bond acceptors (Lipinski definition) is 13. The Morgan fingerprint density at radius 3 is 1.22 bits per heavy atom. The second-order valence-corrected chi connectivity index (χ2v) is 11.8. The van der Waals surface area contributed by atoms with Crippen LogP contribution in [0.5, 0.6) is 28.7 Å². The lowest BCUT2D eigenvalue weighted by Gasteiger charge is -2.17. The Labute approximate surface area is 329 Å². The van der Waals surface area contributed by atoms with Crippen molar-refractivity contribution in [3.8, 4) is 28.7 Å². The SMILES string of the molecule is COC(=O)c1cccc(NC(=O)c2cccc(NC(=O)c3cccc(NC(=O)c4cccc(NC(=O)c5cccc([N+](=O)[O-])c5OC)c4OC)c3O)c2OC)c1OC. The highest BCUT2D eigenvalue weighted by Crippen LogP contribution is 2.37. The topological polar surface area (TPSA) is 243 Å². The van der Waals surface area contributed by atoms with Crippen LogP contribution >= 0.6 is 0 Å². The minimum absolute atomic E-state index is 0.00681. The summed E-state index contributed by atoms with van der Waals surface area (Å²) in [6, 6.07) is 21.0. The molecule has 5 aromatic rings. The molecule has 0 atom stereocenters. The molecule has 0 aliphatic rings. The first-order valence-electron chi connectivity index (χ1n) is 16.9. The third kappa shape index (κ3) is 8.40. The van der Waals surface area contributed by atoms with E-state index in [1.807, 2.05) is 0 Å². The molecule has 0 bridgehead atoms. The molecule has 0 aromatic heterocycles. The Balaban J connectivity index is 1.36. The summed E-state index contributed by atoms with van der Waals surface area (Å²) in [6.07, 6.45) is 0. The van der Waals surface area contributed by atoms with Crippen LogP contribution in [0.1, 0.15) is 51.8 Å². The summed E-state index contributed by atoms with van der Waals surface area (Å²) in [7, 11) is 6.26. The van der Waals surface area contributed by atoms with Crippen LogP contribution in [0.2, 0.25) is 0 Å². The zero-order valence-electron chi connectivity index (χ0n) is 31.5. The number of nitro groups is 1. The average molecular weight is 794 g/mol. The molecule has 0 aliphatic carbocycles. The first-order chi connectivity index (χ1) is 27.9. The Morgan fingerprint density at radius 2 is 0.810 bits per heavy atom. The van der Waals surface area contributed by atoms with Gasteiger partial charge in [-0.1, -0.05) is 30.3 Å². The number of nitrogens with one attached hydrogen (secondary N) is 4. The maximum Gasteiger partial charge on any atom is 0.341 e. The summed E-state index contributed by atoms with van der Waals surface area (Å²) in [6.45, 7) is 0. The number of phenols is 1. The molecule has 0 heterocycles. The van der Waals surface area contributed by atoms with E-state index in [0.29, 0.717) is 0 Å². The van der Waals surface area contributed by atoms with Crippen molar-refractivity contribution in [2.75, 3.05) is 56.8 Å². The minimum atomic E-state index is -0.837. The number of esters is 1. The number of phenolic OH excluding ortho intramolecular Hbond substituents is 1. The number of anilines is 4. The van der Waals surface area contributed by atoms with E-state index < -0.39 is 46.0 Å². The lowest BCUT2D eigenvalue weighted by molar-refractivity contribution is -0.385. The van der Waals surface area contributed by atoms with E-state index in [0.717, 1.165) is 0 Å². The van der Waals surface area contributed by atoms with Crippen LogP contribution in [0.3, 0.4) is 0 Å². The normalized spacial score (nSPS) is 10.4. The highest BCUT2D eigenvalue weighted by Gasteiger charge is 2.26. The maximum atomic E-state index is 13.6. The van der Waals surface area contributed by atoms with E-state index in [1.165, 1.54) is 127 Å². The average Bonchev–Trinajstić information content (AvgIpc) is 3.23. The van der Waals surface area contributed by atoms with E-state index in [-0.39, 0.29) is 73.6 Å².